The van der Waals surface area contributed by atoms with Crippen molar-refractivity contribution in [3.05, 3.63) is 71.4 Å². The predicted octanol–water partition coefficient (Wildman–Crippen LogP) is 5.03. The third-order valence-electron chi connectivity index (χ3n) is 4.60. The average molecular weight is 288 g/mol. The summed E-state index contributed by atoms with van der Waals surface area (Å²) in [4.78, 5) is 5.73. The molecule has 0 aliphatic carbocycles. The van der Waals surface area contributed by atoms with Crippen molar-refractivity contribution < 1.29 is 0 Å². The van der Waals surface area contributed by atoms with E-state index in [4.69, 9.17) is 0 Å². The number of H-pyrrole nitrogens is 1. The van der Waals surface area contributed by atoms with Crippen LogP contribution in [0.25, 0.3) is 16.6 Å². The summed E-state index contributed by atoms with van der Waals surface area (Å²) >= 11 is 0. The number of aromatic amines is 1. The first kappa shape index (κ1) is 13.2. The van der Waals surface area contributed by atoms with Crippen LogP contribution in [0.1, 0.15) is 29.3 Å². The number of aryl methyl sites for hydroxylation is 2. The van der Waals surface area contributed by atoms with Crippen molar-refractivity contribution in [2.24, 2.45) is 0 Å². The van der Waals surface area contributed by atoms with Gasteiger partial charge in [0.15, 0.2) is 0 Å². The number of benzene rings is 2. The molecule has 1 aliphatic heterocycles. The maximum Gasteiger partial charge on any atom is 0.0488 e. The summed E-state index contributed by atoms with van der Waals surface area (Å²) in [6.07, 6.45) is 1.06. The van der Waals surface area contributed by atoms with Crippen LogP contribution in [0.15, 0.2) is 49.0 Å². The molecule has 0 fully saturated rings. The first-order valence-corrected chi connectivity index (χ1v) is 7.83. The van der Waals surface area contributed by atoms with Crippen LogP contribution in [0.4, 0.5) is 5.69 Å². The quantitative estimate of drug-likeness (QED) is 0.700. The van der Waals surface area contributed by atoms with E-state index in [9.17, 15) is 0 Å². The molecule has 0 spiro atoms. The minimum Gasteiger partial charge on any atom is -0.359 e. The highest BCUT2D eigenvalue weighted by Crippen LogP contribution is 2.37. The number of hydrogen-bond acceptors (Lipinski definition) is 1. The van der Waals surface area contributed by atoms with E-state index in [1.165, 1.54) is 39.0 Å². The molecule has 110 valence electrons. The Labute approximate surface area is 131 Å². The normalized spacial score (nSPS) is 13.9. The summed E-state index contributed by atoms with van der Waals surface area (Å²) in [7, 11) is 0. The summed E-state index contributed by atoms with van der Waals surface area (Å²) in [5.74, 6) is 0. The second kappa shape index (κ2) is 4.77. The van der Waals surface area contributed by atoms with Gasteiger partial charge in [0.2, 0.25) is 0 Å². The molecule has 2 nitrogen and oxygen atoms in total. The molecule has 0 unspecified atom stereocenters. The van der Waals surface area contributed by atoms with Gasteiger partial charge in [0.25, 0.3) is 0 Å². The molecule has 4 rings (SSSR count). The number of nitrogens with one attached hydrogen (secondary N) is 1. The Kier molecular flexibility index (Phi) is 2.86. The zero-order valence-electron chi connectivity index (χ0n) is 13.1. The molecule has 3 aromatic rings. The minimum absolute atomic E-state index is 0.906. The van der Waals surface area contributed by atoms with Crippen molar-refractivity contribution in [3.63, 3.8) is 0 Å². The van der Waals surface area contributed by atoms with E-state index < -0.39 is 0 Å². The summed E-state index contributed by atoms with van der Waals surface area (Å²) in [5.41, 5.74) is 8.72. The molecule has 2 aromatic carbocycles. The van der Waals surface area contributed by atoms with Crippen LogP contribution in [0, 0.1) is 6.92 Å². The van der Waals surface area contributed by atoms with Crippen molar-refractivity contribution in [1.82, 2.24) is 4.98 Å². The van der Waals surface area contributed by atoms with Gasteiger partial charge in [0.05, 0.1) is 0 Å². The van der Waals surface area contributed by atoms with Crippen LogP contribution in [-0.2, 0) is 13.0 Å². The van der Waals surface area contributed by atoms with Crippen LogP contribution in [0.2, 0.25) is 0 Å². The molecule has 1 aromatic heterocycles. The Morgan fingerprint density at radius 2 is 2.00 bits per heavy atom. The molecule has 0 atom stereocenters. The topological polar surface area (TPSA) is 19.0 Å². The van der Waals surface area contributed by atoms with Crippen LogP contribution in [-0.4, -0.2) is 4.98 Å². The van der Waals surface area contributed by atoms with E-state index in [0.717, 1.165) is 18.7 Å². The molecule has 22 heavy (non-hydrogen) atoms. The summed E-state index contributed by atoms with van der Waals surface area (Å²) in [6, 6.07) is 15.5. The monoisotopic (exact) mass is 288 g/mol. The Bertz CT molecular complexity index is 886. The molecule has 0 saturated carbocycles. The van der Waals surface area contributed by atoms with Crippen LogP contribution in [0.3, 0.4) is 0 Å². The van der Waals surface area contributed by atoms with Gasteiger partial charge < -0.3 is 9.88 Å². The fourth-order valence-corrected chi connectivity index (χ4v) is 3.34. The van der Waals surface area contributed by atoms with Crippen molar-refractivity contribution in [2.45, 2.75) is 26.8 Å². The molecule has 2 heteroatoms. The second-order valence-electron chi connectivity index (χ2n) is 6.10. The lowest BCUT2D eigenvalue weighted by atomic mass is 10.0. The lowest BCUT2D eigenvalue weighted by Gasteiger charge is -2.19. The summed E-state index contributed by atoms with van der Waals surface area (Å²) < 4.78 is 0. The molecular formula is C20H20N2. The molecule has 0 amide bonds. The average Bonchev–Trinajstić information content (AvgIpc) is 3.05. The Hall–Kier alpha value is -2.48. The number of aromatic nitrogens is 1. The van der Waals surface area contributed by atoms with Gasteiger partial charge in [-0.2, -0.15) is 0 Å². The van der Waals surface area contributed by atoms with Gasteiger partial charge in [-0.3, -0.25) is 0 Å². The number of nitrogens with zero attached hydrogens (tertiary/aromatic N) is 1. The molecule has 0 radical (unpaired) electrons. The second-order valence-corrected chi connectivity index (χ2v) is 6.10. The maximum absolute atomic E-state index is 4.33. The van der Waals surface area contributed by atoms with Crippen molar-refractivity contribution in [3.8, 4) is 0 Å². The molecule has 0 bridgehead atoms. The van der Waals surface area contributed by atoms with Gasteiger partial charge in [-0.1, -0.05) is 31.7 Å². The van der Waals surface area contributed by atoms with Crippen LogP contribution < -0.4 is 4.90 Å². The van der Waals surface area contributed by atoms with E-state index in [-0.39, 0.29) is 0 Å². The van der Waals surface area contributed by atoms with Gasteiger partial charge in [-0.05, 0) is 54.1 Å². The van der Waals surface area contributed by atoms with Gasteiger partial charge in [0, 0.05) is 34.7 Å². The van der Waals surface area contributed by atoms with Gasteiger partial charge in [-0.15, -0.1) is 0 Å². The highest BCUT2D eigenvalue weighted by molar-refractivity contribution is 5.89. The Morgan fingerprint density at radius 1 is 1.14 bits per heavy atom. The summed E-state index contributed by atoms with van der Waals surface area (Å²) in [6.45, 7) is 9.52. The van der Waals surface area contributed by atoms with Gasteiger partial charge in [0.1, 0.15) is 0 Å². The Balaban J connectivity index is 1.75. The van der Waals surface area contributed by atoms with E-state index >= 15 is 0 Å². The molecule has 0 saturated heterocycles. The molecule has 1 aliphatic rings. The molecule has 2 heterocycles. The van der Waals surface area contributed by atoms with Crippen LogP contribution >= 0.6 is 0 Å². The van der Waals surface area contributed by atoms with Gasteiger partial charge in [-0.25, -0.2) is 0 Å². The number of fused-ring (bicyclic) bond motifs is 2. The lowest BCUT2D eigenvalue weighted by molar-refractivity contribution is 1.04. The van der Waals surface area contributed by atoms with E-state index in [2.05, 4.69) is 72.8 Å². The zero-order valence-corrected chi connectivity index (χ0v) is 13.1. The fraction of sp³-hybridized carbons (Fsp3) is 0.200. The third-order valence-corrected chi connectivity index (χ3v) is 4.60. The highest BCUT2D eigenvalue weighted by atomic mass is 15.2. The zero-order chi connectivity index (χ0) is 15.3. The maximum atomic E-state index is 4.33. The predicted molar refractivity (Wildman–Crippen MR) is 94.1 cm³/mol. The van der Waals surface area contributed by atoms with Crippen LogP contribution in [0.5, 0.6) is 0 Å². The van der Waals surface area contributed by atoms with Crippen molar-refractivity contribution >= 4 is 22.3 Å². The van der Waals surface area contributed by atoms with E-state index in [1.54, 1.807) is 0 Å². The smallest absolute Gasteiger partial charge is 0.0488 e. The molecule has 1 N–H and O–H groups in total. The minimum atomic E-state index is 0.906. The third kappa shape index (κ3) is 1.95. The van der Waals surface area contributed by atoms with Crippen molar-refractivity contribution in [1.29, 1.82) is 0 Å². The SMILES string of the molecule is C=C1c2cc(CC)ccc2CN1c1ccc2cc(C)[nH]c2c1. The van der Waals surface area contributed by atoms with Gasteiger partial charge >= 0.3 is 0 Å². The number of rotatable bonds is 2. The number of anilines is 1. The largest absolute Gasteiger partial charge is 0.359 e. The van der Waals surface area contributed by atoms with Crippen molar-refractivity contribution in [2.75, 3.05) is 4.90 Å². The standard InChI is InChI=1S/C20H20N2/c1-4-15-5-6-17-12-22(14(3)19(17)10-15)18-8-7-16-9-13(2)21-20(16)11-18/h5-11,21H,3-4,12H2,1-2H3. The van der Waals surface area contributed by atoms with E-state index in [0.29, 0.717) is 0 Å². The fourth-order valence-electron chi connectivity index (χ4n) is 3.34. The molecular weight excluding hydrogens is 268 g/mol. The first-order chi connectivity index (χ1) is 10.7. The number of hydrogen-bond donors (Lipinski definition) is 1. The first-order valence-electron chi connectivity index (χ1n) is 7.83. The highest BCUT2D eigenvalue weighted by Gasteiger charge is 2.23. The lowest BCUT2D eigenvalue weighted by Crippen LogP contribution is -2.12. The Morgan fingerprint density at radius 3 is 2.82 bits per heavy atom. The summed E-state index contributed by atoms with van der Waals surface area (Å²) in [5, 5.41) is 1.26. The van der Waals surface area contributed by atoms with E-state index in [1.807, 2.05) is 0 Å².